The third-order valence-corrected chi connectivity index (χ3v) is 6.53. The van der Waals surface area contributed by atoms with Gasteiger partial charge in [0.2, 0.25) is 10.0 Å². The van der Waals surface area contributed by atoms with E-state index in [-0.39, 0.29) is 10.6 Å². The molecule has 124 valence electrons. The lowest BCUT2D eigenvalue weighted by atomic mass is 10.1. The van der Waals surface area contributed by atoms with Crippen molar-refractivity contribution >= 4 is 27.3 Å². The molecule has 2 rings (SSSR count). The molecule has 1 atom stereocenters. The monoisotopic (exact) mass is 353 g/mol. The first kappa shape index (κ1) is 17.7. The number of benzene rings is 1. The summed E-state index contributed by atoms with van der Waals surface area (Å²) in [6.07, 6.45) is 0.188. The Morgan fingerprint density at radius 1 is 1.30 bits per heavy atom. The highest BCUT2D eigenvalue weighted by Gasteiger charge is 2.22. The van der Waals surface area contributed by atoms with Crippen molar-refractivity contribution in [1.82, 2.24) is 4.72 Å². The van der Waals surface area contributed by atoms with Crippen LogP contribution in [0.25, 0.3) is 10.4 Å². The zero-order valence-electron chi connectivity index (χ0n) is 12.9. The number of aliphatic carboxylic acids is 1. The minimum absolute atomic E-state index is 0.192. The van der Waals surface area contributed by atoms with Gasteiger partial charge in [0.05, 0.1) is 6.42 Å². The second-order valence-electron chi connectivity index (χ2n) is 5.31. The van der Waals surface area contributed by atoms with Crippen LogP contribution in [0.1, 0.15) is 25.3 Å². The highest BCUT2D eigenvalue weighted by atomic mass is 32.2. The molecule has 1 aromatic carbocycles. The first-order valence-corrected chi connectivity index (χ1v) is 9.53. The van der Waals surface area contributed by atoms with Crippen molar-refractivity contribution in [3.8, 4) is 10.4 Å². The van der Waals surface area contributed by atoms with Gasteiger partial charge in [-0.3, -0.25) is 4.79 Å². The van der Waals surface area contributed by atoms with Gasteiger partial charge in [-0.25, -0.2) is 13.1 Å². The number of nitrogens with one attached hydrogen (secondary N) is 1. The largest absolute Gasteiger partial charge is 0.481 e. The van der Waals surface area contributed by atoms with Gasteiger partial charge in [0.1, 0.15) is 4.21 Å². The lowest BCUT2D eigenvalue weighted by molar-refractivity contribution is -0.137. The first-order chi connectivity index (χ1) is 10.8. The average molecular weight is 353 g/mol. The Balaban J connectivity index is 2.23. The molecule has 0 aliphatic rings. The third kappa shape index (κ3) is 4.63. The molecule has 1 aromatic heterocycles. The van der Waals surface area contributed by atoms with Crippen LogP contribution >= 0.6 is 11.3 Å². The lowest BCUT2D eigenvalue weighted by Crippen LogP contribution is -2.35. The Morgan fingerprint density at radius 3 is 2.65 bits per heavy atom. The summed E-state index contributed by atoms with van der Waals surface area (Å²) in [6.45, 7) is 3.73. The molecule has 7 heteroatoms. The smallest absolute Gasteiger partial charge is 0.304 e. The summed E-state index contributed by atoms with van der Waals surface area (Å²) in [5, 5.41) is 8.83. The first-order valence-electron chi connectivity index (χ1n) is 7.23. The van der Waals surface area contributed by atoms with E-state index >= 15 is 0 Å². The lowest BCUT2D eigenvalue weighted by Gasteiger charge is -2.13. The van der Waals surface area contributed by atoms with E-state index in [1.807, 2.05) is 31.2 Å². The molecule has 0 fully saturated rings. The number of aryl methyl sites for hydroxylation is 1. The van der Waals surface area contributed by atoms with Gasteiger partial charge >= 0.3 is 5.97 Å². The van der Waals surface area contributed by atoms with Crippen molar-refractivity contribution in [2.75, 3.05) is 0 Å². The molecule has 0 radical (unpaired) electrons. The van der Waals surface area contributed by atoms with E-state index in [0.717, 1.165) is 16.0 Å². The van der Waals surface area contributed by atoms with Crippen LogP contribution in [0, 0.1) is 6.92 Å². The molecule has 0 spiro atoms. The molecule has 0 unspecified atom stereocenters. The Morgan fingerprint density at radius 2 is 2.04 bits per heavy atom. The van der Waals surface area contributed by atoms with Crippen LogP contribution in [0.15, 0.2) is 40.6 Å². The van der Waals surface area contributed by atoms with Crippen molar-refractivity contribution in [3.05, 3.63) is 42.0 Å². The topological polar surface area (TPSA) is 83.5 Å². The maximum atomic E-state index is 12.4. The van der Waals surface area contributed by atoms with Crippen molar-refractivity contribution in [1.29, 1.82) is 0 Å². The van der Waals surface area contributed by atoms with Gasteiger partial charge in [0, 0.05) is 10.9 Å². The van der Waals surface area contributed by atoms with Crippen molar-refractivity contribution in [3.63, 3.8) is 0 Å². The van der Waals surface area contributed by atoms with E-state index < -0.39 is 22.0 Å². The summed E-state index contributed by atoms with van der Waals surface area (Å²) >= 11 is 1.18. The van der Waals surface area contributed by atoms with E-state index in [1.54, 1.807) is 19.1 Å². The van der Waals surface area contributed by atoms with Gasteiger partial charge in [-0.05, 0) is 31.0 Å². The molecule has 0 bridgehead atoms. The van der Waals surface area contributed by atoms with Crippen LogP contribution in [0.3, 0.4) is 0 Å². The van der Waals surface area contributed by atoms with Gasteiger partial charge in [-0.2, -0.15) is 0 Å². The van der Waals surface area contributed by atoms with Crippen molar-refractivity contribution in [2.45, 2.75) is 36.9 Å². The van der Waals surface area contributed by atoms with E-state index in [0.29, 0.717) is 6.42 Å². The van der Waals surface area contributed by atoms with Crippen LogP contribution in [-0.4, -0.2) is 25.5 Å². The van der Waals surface area contributed by atoms with Crippen LogP contribution < -0.4 is 4.72 Å². The second kappa shape index (κ2) is 7.25. The minimum atomic E-state index is -3.71. The quantitative estimate of drug-likeness (QED) is 0.800. The van der Waals surface area contributed by atoms with Crippen molar-refractivity contribution < 1.29 is 18.3 Å². The summed E-state index contributed by atoms with van der Waals surface area (Å²) in [5.41, 5.74) is 2.07. The standard InChI is InChI=1S/C16H19NO4S2/c1-3-13(10-15(18)19)17-23(20,21)16-8-7-14(22-16)12-6-4-5-11(2)9-12/h4-9,13,17H,3,10H2,1-2H3,(H,18,19)/t13-/m0/s1. The van der Waals surface area contributed by atoms with Gasteiger partial charge < -0.3 is 5.11 Å². The molecule has 0 saturated carbocycles. The fourth-order valence-corrected chi connectivity index (χ4v) is 4.81. The average Bonchev–Trinajstić information content (AvgIpc) is 2.96. The summed E-state index contributed by atoms with van der Waals surface area (Å²) < 4.78 is 27.5. The maximum absolute atomic E-state index is 12.4. The molecule has 5 nitrogen and oxygen atoms in total. The van der Waals surface area contributed by atoms with Gasteiger partial charge in [0.15, 0.2) is 0 Å². The molecular weight excluding hydrogens is 334 g/mol. The Bertz CT molecular complexity index is 796. The molecule has 0 saturated heterocycles. The van der Waals surface area contributed by atoms with Crippen LogP contribution in [0.2, 0.25) is 0 Å². The van der Waals surface area contributed by atoms with E-state index in [1.165, 1.54) is 11.3 Å². The Labute approximate surface area is 140 Å². The minimum Gasteiger partial charge on any atom is -0.481 e. The van der Waals surface area contributed by atoms with Crippen LogP contribution in [-0.2, 0) is 14.8 Å². The fraction of sp³-hybridized carbons (Fsp3) is 0.312. The van der Waals surface area contributed by atoms with Crippen LogP contribution in [0.5, 0.6) is 0 Å². The SMILES string of the molecule is CC[C@@H](CC(=O)O)NS(=O)(=O)c1ccc(-c2cccc(C)c2)s1. The van der Waals surface area contributed by atoms with Gasteiger partial charge in [0.25, 0.3) is 0 Å². The number of thiophene rings is 1. The summed E-state index contributed by atoms with van der Waals surface area (Å²) in [5.74, 6) is -1.02. The predicted octanol–water partition coefficient (Wildman–Crippen LogP) is 3.26. The molecule has 0 aliphatic heterocycles. The molecule has 0 amide bonds. The van der Waals surface area contributed by atoms with Crippen LogP contribution in [0.4, 0.5) is 0 Å². The molecule has 23 heavy (non-hydrogen) atoms. The van der Waals surface area contributed by atoms with E-state index in [9.17, 15) is 13.2 Å². The predicted molar refractivity (Wildman–Crippen MR) is 91.1 cm³/mol. The number of sulfonamides is 1. The number of carboxylic acids is 1. The molecule has 1 heterocycles. The number of hydrogen-bond donors (Lipinski definition) is 2. The van der Waals surface area contributed by atoms with E-state index in [2.05, 4.69) is 4.72 Å². The Kier molecular flexibility index (Phi) is 5.56. The van der Waals surface area contributed by atoms with Gasteiger partial charge in [-0.1, -0.05) is 36.8 Å². The Hall–Kier alpha value is -1.70. The maximum Gasteiger partial charge on any atom is 0.304 e. The highest BCUT2D eigenvalue weighted by Crippen LogP contribution is 2.31. The zero-order chi connectivity index (χ0) is 17.0. The van der Waals surface area contributed by atoms with E-state index in [4.69, 9.17) is 5.11 Å². The molecular formula is C16H19NO4S2. The number of hydrogen-bond acceptors (Lipinski definition) is 4. The number of carboxylic acid groups (broad SMARTS) is 1. The van der Waals surface area contributed by atoms with Crippen molar-refractivity contribution in [2.24, 2.45) is 0 Å². The summed E-state index contributed by atoms with van der Waals surface area (Å²) in [6, 6.07) is 10.5. The number of rotatable bonds is 7. The summed E-state index contributed by atoms with van der Waals surface area (Å²) in [4.78, 5) is 11.6. The highest BCUT2D eigenvalue weighted by molar-refractivity contribution is 7.91. The second-order valence-corrected chi connectivity index (χ2v) is 8.34. The fourth-order valence-electron chi connectivity index (χ4n) is 2.18. The summed E-state index contributed by atoms with van der Waals surface area (Å²) in [7, 11) is -3.71. The normalized spacial score (nSPS) is 13.0. The van der Waals surface area contributed by atoms with Gasteiger partial charge in [-0.15, -0.1) is 11.3 Å². The molecule has 0 aliphatic carbocycles. The number of carbonyl (C=O) groups is 1. The molecule has 2 aromatic rings. The zero-order valence-corrected chi connectivity index (χ0v) is 14.6. The third-order valence-electron chi connectivity index (χ3n) is 3.38. The molecule has 2 N–H and O–H groups in total.